The van der Waals surface area contributed by atoms with Crippen LogP contribution in [0.25, 0.3) is 10.2 Å². The lowest BCUT2D eigenvalue weighted by molar-refractivity contribution is -0.119. The highest BCUT2D eigenvalue weighted by Crippen LogP contribution is 2.29. The number of anilines is 1. The molecule has 0 aliphatic rings. The number of hydrogen-bond acceptors (Lipinski definition) is 5. The summed E-state index contributed by atoms with van der Waals surface area (Å²) in [6, 6.07) is 22.5. The smallest absolute Gasteiger partial charge is 0.239 e. The number of carbonyl (C=O) groups is 1. The minimum atomic E-state index is -0.353. The van der Waals surface area contributed by atoms with Crippen molar-refractivity contribution in [3.05, 3.63) is 89.7 Å². The van der Waals surface area contributed by atoms with E-state index in [1.807, 2.05) is 60.7 Å². The van der Waals surface area contributed by atoms with Gasteiger partial charge >= 0.3 is 0 Å². The monoisotopic (exact) mass is 435 g/mol. The summed E-state index contributed by atoms with van der Waals surface area (Å²) < 4.78 is 20.4. The van der Waals surface area contributed by atoms with E-state index in [-0.39, 0.29) is 18.3 Å². The highest BCUT2D eigenvalue weighted by molar-refractivity contribution is 7.22. The average molecular weight is 436 g/mol. The van der Waals surface area contributed by atoms with Crippen molar-refractivity contribution < 1.29 is 13.9 Å². The molecule has 0 unspecified atom stereocenters. The number of para-hydroxylation sites is 1. The van der Waals surface area contributed by atoms with Gasteiger partial charge in [-0.2, -0.15) is 0 Å². The molecule has 158 valence electrons. The largest absolute Gasteiger partial charge is 0.489 e. The Morgan fingerprint density at radius 2 is 1.81 bits per heavy atom. The topological polar surface area (TPSA) is 54.5 Å². The molecular weight excluding hydrogens is 413 g/mol. The minimum Gasteiger partial charge on any atom is -0.489 e. The minimum absolute atomic E-state index is 0.133. The molecule has 0 spiro atoms. The second-order valence-corrected chi connectivity index (χ2v) is 8.14. The fourth-order valence-corrected chi connectivity index (χ4v) is 3.99. The maximum atomic E-state index is 13.8. The first-order chi connectivity index (χ1) is 15.1. The molecule has 31 heavy (non-hydrogen) atoms. The van der Waals surface area contributed by atoms with Gasteiger partial charge in [-0.25, -0.2) is 9.37 Å². The lowest BCUT2D eigenvalue weighted by atomic mass is 10.2. The van der Waals surface area contributed by atoms with Crippen LogP contribution in [0.1, 0.15) is 11.1 Å². The second kappa shape index (κ2) is 9.57. The van der Waals surface area contributed by atoms with Crippen molar-refractivity contribution in [1.82, 2.24) is 10.3 Å². The van der Waals surface area contributed by atoms with Gasteiger partial charge in [0.2, 0.25) is 5.91 Å². The zero-order valence-corrected chi connectivity index (χ0v) is 17.9. The maximum absolute atomic E-state index is 13.8. The molecule has 0 saturated carbocycles. The molecule has 0 radical (unpaired) electrons. The number of carbonyl (C=O) groups excluding carboxylic acids is 1. The molecule has 5 nitrogen and oxygen atoms in total. The van der Waals surface area contributed by atoms with Crippen LogP contribution in [0.4, 0.5) is 9.52 Å². The van der Waals surface area contributed by atoms with Crippen molar-refractivity contribution >= 4 is 32.6 Å². The highest BCUT2D eigenvalue weighted by Gasteiger charge is 2.14. The summed E-state index contributed by atoms with van der Waals surface area (Å²) in [6.45, 7) is 1.07. The van der Waals surface area contributed by atoms with Crippen LogP contribution in [-0.4, -0.2) is 24.5 Å². The van der Waals surface area contributed by atoms with Crippen LogP contribution >= 0.6 is 11.3 Å². The number of nitrogens with zero attached hydrogens (tertiary/aromatic N) is 2. The molecule has 0 fully saturated rings. The zero-order chi connectivity index (χ0) is 21.6. The molecule has 4 aromatic rings. The van der Waals surface area contributed by atoms with Gasteiger partial charge in [0.05, 0.1) is 11.2 Å². The average Bonchev–Trinajstić information content (AvgIpc) is 3.24. The van der Waals surface area contributed by atoms with Crippen molar-refractivity contribution in [2.75, 3.05) is 18.5 Å². The van der Waals surface area contributed by atoms with Gasteiger partial charge < -0.3 is 15.0 Å². The van der Waals surface area contributed by atoms with E-state index in [4.69, 9.17) is 4.74 Å². The number of nitrogens with one attached hydrogen (secondary N) is 1. The maximum Gasteiger partial charge on any atom is 0.239 e. The summed E-state index contributed by atoms with van der Waals surface area (Å²) in [7, 11) is 1.77. The molecule has 0 aliphatic heterocycles. The molecule has 0 aliphatic carbocycles. The number of benzene rings is 3. The van der Waals surface area contributed by atoms with E-state index in [1.165, 1.54) is 17.4 Å². The van der Waals surface area contributed by atoms with Crippen molar-refractivity contribution in [2.45, 2.75) is 13.2 Å². The number of fused-ring (bicyclic) bond motifs is 1. The van der Waals surface area contributed by atoms with Gasteiger partial charge in [0.15, 0.2) is 5.13 Å². The van der Waals surface area contributed by atoms with Crippen LogP contribution in [0.5, 0.6) is 5.75 Å². The highest BCUT2D eigenvalue weighted by atomic mass is 32.1. The Morgan fingerprint density at radius 1 is 1.03 bits per heavy atom. The third-order valence-corrected chi connectivity index (χ3v) is 5.86. The molecule has 7 heteroatoms. The van der Waals surface area contributed by atoms with Crippen molar-refractivity contribution in [3.8, 4) is 5.75 Å². The van der Waals surface area contributed by atoms with Gasteiger partial charge in [-0.05, 0) is 35.4 Å². The van der Waals surface area contributed by atoms with E-state index < -0.39 is 0 Å². The van der Waals surface area contributed by atoms with Crippen LogP contribution in [0.15, 0.2) is 72.8 Å². The van der Waals surface area contributed by atoms with Gasteiger partial charge in [0.1, 0.15) is 23.7 Å². The first-order valence-electron chi connectivity index (χ1n) is 9.87. The Bertz CT molecular complexity index is 1160. The standard InChI is InChI=1S/C24H22FN3O2S/c1-28(24-27-23-20(25)8-5-9-21(23)31-24)15-22(29)26-14-17-10-12-19(13-11-17)30-16-18-6-3-2-4-7-18/h2-13H,14-16H2,1H3,(H,26,29). The van der Waals surface area contributed by atoms with Gasteiger partial charge in [-0.15, -0.1) is 0 Å². The summed E-state index contributed by atoms with van der Waals surface area (Å²) >= 11 is 1.36. The molecule has 0 saturated heterocycles. The lowest BCUT2D eigenvalue weighted by Crippen LogP contribution is -2.34. The van der Waals surface area contributed by atoms with Crippen LogP contribution in [0.3, 0.4) is 0 Å². The molecule has 0 bridgehead atoms. The van der Waals surface area contributed by atoms with Crippen LogP contribution < -0.4 is 15.0 Å². The number of thiazole rings is 1. The number of rotatable bonds is 8. The van der Waals surface area contributed by atoms with E-state index in [1.54, 1.807) is 18.0 Å². The fourth-order valence-electron chi connectivity index (χ4n) is 3.05. The lowest BCUT2D eigenvalue weighted by Gasteiger charge is -2.15. The summed E-state index contributed by atoms with van der Waals surface area (Å²) in [5, 5.41) is 3.51. The van der Waals surface area contributed by atoms with Crippen LogP contribution in [0.2, 0.25) is 0 Å². The Hall–Kier alpha value is -3.45. The third-order valence-electron chi connectivity index (χ3n) is 4.73. The van der Waals surface area contributed by atoms with Crippen molar-refractivity contribution in [1.29, 1.82) is 0 Å². The van der Waals surface area contributed by atoms with Crippen molar-refractivity contribution in [2.24, 2.45) is 0 Å². The van der Waals surface area contributed by atoms with Crippen LogP contribution in [-0.2, 0) is 17.9 Å². The summed E-state index contributed by atoms with van der Waals surface area (Å²) in [5.41, 5.74) is 2.42. The first-order valence-corrected chi connectivity index (χ1v) is 10.7. The summed E-state index contributed by atoms with van der Waals surface area (Å²) in [6.07, 6.45) is 0. The summed E-state index contributed by atoms with van der Waals surface area (Å²) in [4.78, 5) is 18.4. The Morgan fingerprint density at radius 3 is 2.55 bits per heavy atom. The van der Waals surface area contributed by atoms with E-state index in [2.05, 4.69) is 10.3 Å². The molecule has 1 amide bonds. The normalized spacial score (nSPS) is 10.8. The summed E-state index contributed by atoms with van der Waals surface area (Å²) in [5.74, 6) is 0.294. The molecule has 1 aromatic heterocycles. The molecular formula is C24H22FN3O2S. The molecule has 3 aromatic carbocycles. The number of halogens is 1. The van der Waals surface area contributed by atoms with E-state index in [9.17, 15) is 9.18 Å². The quantitative estimate of drug-likeness (QED) is 0.433. The van der Waals surface area contributed by atoms with E-state index in [0.29, 0.717) is 23.8 Å². The zero-order valence-electron chi connectivity index (χ0n) is 17.0. The van der Waals surface area contributed by atoms with E-state index in [0.717, 1.165) is 21.6 Å². The predicted molar refractivity (Wildman–Crippen MR) is 122 cm³/mol. The number of aromatic nitrogens is 1. The Kier molecular flexibility index (Phi) is 6.43. The van der Waals surface area contributed by atoms with Crippen molar-refractivity contribution in [3.63, 3.8) is 0 Å². The Labute approximate surface area is 184 Å². The SMILES string of the molecule is CN(CC(=O)NCc1ccc(OCc2ccccc2)cc1)c1nc2c(F)cccc2s1. The Balaban J connectivity index is 1.26. The van der Waals surface area contributed by atoms with Crippen LogP contribution in [0, 0.1) is 5.82 Å². The molecule has 1 heterocycles. The van der Waals surface area contributed by atoms with E-state index >= 15 is 0 Å². The number of hydrogen-bond donors (Lipinski definition) is 1. The molecule has 4 rings (SSSR count). The third kappa shape index (κ3) is 5.38. The molecule has 1 N–H and O–H groups in total. The van der Waals surface area contributed by atoms with Gasteiger partial charge in [-0.1, -0.05) is 59.9 Å². The molecule has 0 atom stereocenters. The first kappa shape index (κ1) is 20.8. The fraction of sp³-hybridized carbons (Fsp3) is 0.167. The van der Waals surface area contributed by atoms with Gasteiger partial charge in [-0.3, -0.25) is 4.79 Å². The van der Waals surface area contributed by atoms with Gasteiger partial charge in [0.25, 0.3) is 0 Å². The second-order valence-electron chi connectivity index (χ2n) is 7.13. The number of likely N-dealkylation sites (N-methyl/N-ethyl adjacent to an activating group) is 1. The predicted octanol–water partition coefficient (Wildman–Crippen LogP) is 4.77. The number of ether oxygens (including phenoxy) is 1. The van der Waals surface area contributed by atoms with Gasteiger partial charge in [0, 0.05) is 13.6 Å². The number of amides is 1.